The van der Waals surface area contributed by atoms with Crippen molar-refractivity contribution in [2.75, 3.05) is 17.7 Å². The smallest absolute Gasteiger partial charge is 0.328 e. The van der Waals surface area contributed by atoms with Crippen molar-refractivity contribution in [2.24, 2.45) is 5.92 Å². The van der Waals surface area contributed by atoms with Crippen LogP contribution in [-0.4, -0.2) is 69.4 Å². The van der Waals surface area contributed by atoms with Gasteiger partial charge in [-0.05, 0) is 88.4 Å². The van der Waals surface area contributed by atoms with E-state index in [1.165, 1.54) is 12.0 Å². The lowest BCUT2D eigenvalue weighted by Gasteiger charge is -2.28. The van der Waals surface area contributed by atoms with Gasteiger partial charge in [-0.15, -0.1) is 0 Å². The fraction of sp³-hybridized carbons (Fsp3) is 0.421. The summed E-state index contributed by atoms with van der Waals surface area (Å²) in [6.07, 6.45) is 3.13. The normalized spacial score (nSPS) is 16.5. The Morgan fingerprint density at radius 2 is 1.69 bits per heavy atom. The van der Waals surface area contributed by atoms with Crippen LogP contribution in [0, 0.1) is 12.8 Å². The van der Waals surface area contributed by atoms with Crippen LogP contribution in [0.2, 0.25) is 0 Å². The average Bonchev–Trinajstić information content (AvgIpc) is 3.89. The van der Waals surface area contributed by atoms with Crippen LogP contribution in [0.4, 0.5) is 21.0 Å². The third-order valence-electron chi connectivity index (χ3n) is 9.07. The van der Waals surface area contributed by atoms with Crippen molar-refractivity contribution in [3.05, 3.63) is 83.7 Å². The standard InChI is InChI=1S/C38H46N6O7/c1-23(2)51-33(45)21-30(28-13-9-10-18-39-28)40-34(46)31(19-25-14-15-25)44-35(47)38(4,5)43(37(44)49)22-26-16-17-29(32(20-26)50-6)42-36(48)41-27-12-8-7-11-24(27)3/h7-13,16-18,20,23,25,30-31H,14-15,19,21-22H2,1-6H3,(H,40,46)(H2,41,42,48). The highest BCUT2D eigenvalue weighted by Gasteiger charge is 2.55. The summed E-state index contributed by atoms with van der Waals surface area (Å²) in [6, 6.07) is 14.7. The van der Waals surface area contributed by atoms with Crippen LogP contribution in [0.25, 0.3) is 0 Å². The van der Waals surface area contributed by atoms with Gasteiger partial charge in [0.25, 0.3) is 5.91 Å². The molecular formula is C38H46N6O7. The lowest BCUT2D eigenvalue weighted by Crippen LogP contribution is -2.52. The van der Waals surface area contributed by atoms with Crippen molar-refractivity contribution in [1.82, 2.24) is 20.1 Å². The number of imide groups is 1. The van der Waals surface area contributed by atoms with E-state index < -0.39 is 47.5 Å². The molecule has 0 radical (unpaired) electrons. The van der Waals surface area contributed by atoms with Gasteiger partial charge in [0.2, 0.25) is 5.91 Å². The number of carbonyl (C=O) groups excluding carboxylic acids is 5. The quantitative estimate of drug-likeness (QED) is 0.138. The summed E-state index contributed by atoms with van der Waals surface area (Å²) in [4.78, 5) is 74.6. The lowest BCUT2D eigenvalue weighted by atomic mass is 10.0. The monoisotopic (exact) mass is 698 g/mol. The van der Waals surface area contributed by atoms with Crippen LogP contribution in [0.1, 0.15) is 76.2 Å². The molecule has 1 saturated carbocycles. The molecule has 2 fully saturated rings. The number of rotatable bonds is 14. The summed E-state index contributed by atoms with van der Waals surface area (Å²) in [6.45, 7) is 8.72. The minimum Gasteiger partial charge on any atom is -0.495 e. The molecule has 1 saturated heterocycles. The molecule has 2 aromatic carbocycles. The highest BCUT2D eigenvalue weighted by atomic mass is 16.5. The van der Waals surface area contributed by atoms with E-state index in [9.17, 15) is 24.0 Å². The van der Waals surface area contributed by atoms with E-state index in [2.05, 4.69) is 20.9 Å². The SMILES string of the molecule is COc1cc(CN2C(=O)N(C(CC3CC3)C(=O)NC(CC(=O)OC(C)C)c3ccccn3)C(=O)C2(C)C)ccc1NC(=O)Nc1ccccc1C. The number of aryl methyl sites for hydroxylation is 1. The maximum Gasteiger partial charge on any atom is 0.328 e. The third kappa shape index (κ3) is 8.83. The molecule has 270 valence electrons. The number of pyridine rings is 1. The molecule has 5 rings (SSSR count). The number of hydrogen-bond donors (Lipinski definition) is 3. The number of nitrogens with zero attached hydrogens (tertiary/aromatic N) is 3. The van der Waals surface area contributed by atoms with Crippen LogP contribution in [0.15, 0.2) is 66.9 Å². The fourth-order valence-electron chi connectivity index (χ4n) is 6.07. The molecule has 2 aliphatic rings. The van der Waals surface area contributed by atoms with Gasteiger partial charge in [-0.3, -0.25) is 19.4 Å². The van der Waals surface area contributed by atoms with E-state index in [0.717, 1.165) is 23.3 Å². The Morgan fingerprint density at radius 3 is 2.33 bits per heavy atom. The molecular weight excluding hydrogens is 652 g/mol. The molecule has 2 atom stereocenters. The first-order valence-corrected chi connectivity index (χ1v) is 17.1. The largest absolute Gasteiger partial charge is 0.495 e. The summed E-state index contributed by atoms with van der Waals surface area (Å²) in [5.74, 6) is -1.01. The van der Waals surface area contributed by atoms with Gasteiger partial charge >= 0.3 is 18.0 Å². The van der Waals surface area contributed by atoms with E-state index in [1.54, 1.807) is 76.4 Å². The number of nitrogens with one attached hydrogen (secondary N) is 3. The Bertz CT molecular complexity index is 1780. The van der Waals surface area contributed by atoms with Crippen LogP contribution >= 0.6 is 0 Å². The number of esters is 1. The zero-order valence-electron chi connectivity index (χ0n) is 29.9. The molecule has 0 spiro atoms. The Kier molecular flexibility index (Phi) is 11.3. The zero-order chi connectivity index (χ0) is 36.9. The molecule has 6 amide bonds. The number of benzene rings is 2. The van der Waals surface area contributed by atoms with E-state index in [1.807, 2.05) is 25.1 Å². The number of carbonyl (C=O) groups is 5. The Morgan fingerprint density at radius 1 is 0.980 bits per heavy atom. The molecule has 1 aliphatic carbocycles. The second-order valence-corrected chi connectivity index (χ2v) is 13.8. The van der Waals surface area contributed by atoms with Crippen molar-refractivity contribution >= 4 is 41.2 Å². The predicted molar refractivity (Wildman–Crippen MR) is 191 cm³/mol. The Hall–Kier alpha value is -5.46. The van der Waals surface area contributed by atoms with E-state index >= 15 is 0 Å². The summed E-state index contributed by atoms with van der Waals surface area (Å²) >= 11 is 0. The van der Waals surface area contributed by atoms with E-state index in [-0.39, 0.29) is 25.0 Å². The van der Waals surface area contributed by atoms with Gasteiger partial charge in [0, 0.05) is 18.4 Å². The number of anilines is 2. The first-order valence-electron chi connectivity index (χ1n) is 17.1. The van der Waals surface area contributed by atoms with Crippen LogP contribution < -0.4 is 20.7 Å². The second-order valence-electron chi connectivity index (χ2n) is 13.8. The molecule has 0 bridgehead atoms. The van der Waals surface area contributed by atoms with Crippen molar-refractivity contribution in [2.45, 2.75) is 90.6 Å². The number of urea groups is 2. The summed E-state index contributed by atoms with van der Waals surface area (Å²) in [7, 11) is 1.47. The summed E-state index contributed by atoms with van der Waals surface area (Å²) in [5, 5.41) is 8.54. The van der Waals surface area contributed by atoms with Gasteiger partial charge in [0.1, 0.15) is 17.3 Å². The number of para-hydroxylation sites is 1. The Labute approximate surface area is 298 Å². The number of methoxy groups -OCH3 is 1. The van der Waals surface area contributed by atoms with E-state index in [0.29, 0.717) is 34.8 Å². The van der Waals surface area contributed by atoms with Gasteiger partial charge in [0.15, 0.2) is 0 Å². The topological polar surface area (TPSA) is 159 Å². The van der Waals surface area contributed by atoms with Crippen LogP contribution in [-0.2, 0) is 25.7 Å². The number of aromatic nitrogens is 1. The average molecular weight is 699 g/mol. The zero-order valence-corrected chi connectivity index (χ0v) is 29.9. The fourth-order valence-corrected chi connectivity index (χ4v) is 6.07. The van der Waals surface area contributed by atoms with E-state index in [4.69, 9.17) is 9.47 Å². The van der Waals surface area contributed by atoms with Crippen LogP contribution in [0.3, 0.4) is 0 Å². The lowest BCUT2D eigenvalue weighted by molar-refractivity contribution is -0.148. The Balaban J connectivity index is 1.34. The van der Waals surface area contributed by atoms with Gasteiger partial charge in [-0.1, -0.05) is 43.2 Å². The maximum atomic E-state index is 14.2. The molecule has 13 nitrogen and oxygen atoms in total. The van der Waals surface area contributed by atoms with Crippen molar-refractivity contribution in [3.8, 4) is 5.75 Å². The molecule has 1 aromatic heterocycles. The van der Waals surface area contributed by atoms with Crippen molar-refractivity contribution < 1.29 is 33.4 Å². The summed E-state index contributed by atoms with van der Waals surface area (Å²) in [5.41, 5.74) is 1.82. The minimum atomic E-state index is -1.28. The van der Waals surface area contributed by atoms with Gasteiger partial charge in [0.05, 0.1) is 37.1 Å². The molecule has 2 unspecified atom stereocenters. The molecule has 2 heterocycles. The third-order valence-corrected chi connectivity index (χ3v) is 9.07. The number of hydrogen-bond acceptors (Lipinski definition) is 8. The summed E-state index contributed by atoms with van der Waals surface area (Å²) < 4.78 is 10.9. The first kappa shape index (κ1) is 36.8. The highest BCUT2D eigenvalue weighted by Crippen LogP contribution is 2.39. The molecule has 13 heteroatoms. The molecule has 3 N–H and O–H groups in total. The molecule has 51 heavy (non-hydrogen) atoms. The maximum absolute atomic E-state index is 14.2. The second kappa shape index (κ2) is 15.6. The molecule has 1 aliphatic heterocycles. The predicted octanol–water partition coefficient (Wildman–Crippen LogP) is 5.95. The highest BCUT2D eigenvalue weighted by molar-refractivity contribution is 6.09. The number of amides is 6. The van der Waals surface area contributed by atoms with Gasteiger partial charge in [-0.25, -0.2) is 14.5 Å². The van der Waals surface area contributed by atoms with Crippen molar-refractivity contribution in [1.29, 1.82) is 0 Å². The first-order chi connectivity index (χ1) is 24.3. The number of ether oxygens (including phenoxy) is 2. The van der Waals surface area contributed by atoms with Crippen LogP contribution in [0.5, 0.6) is 5.75 Å². The van der Waals surface area contributed by atoms with Gasteiger partial charge in [-0.2, -0.15) is 0 Å². The minimum absolute atomic E-state index is 0.0372. The molecule has 3 aromatic rings. The van der Waals surface area contributed by atoms with Gasteiger partial charge < -0.3 is 30.3 Å². The van der Waals surface area contributed by atoms with Crippen molar-refractivity contribution in [3.63, 3.8) is 0 Å².